The molecule has 4 heteroatoms. The van der Waals surface area contributed by atoms with Gasteiger partial charge in [-0.15, -0.1) is 0 Å². The second kappa shape index (κ2) is 7.29. The molecule has 3 nitrogen and oxygen atoms in total. The fourth-order valence-corrected chi connectivity index (χ4v) is 3.56. The molecule has 1 heterocycles. The number of aliphatic hydroxyl groups is 1. The molecule has 3 N–H and O–H groups in total. The van der Waals surface area contributed by atoms with E-state index in [0.29, 0.717) is 11.8 Å². The van der Waals surface area contributed by atoms with Gasteiger partial charge in [-0.2, -0.15) is 11.8 Å². The number of nitrogens with two attached hydrogens (primary N) is 1. The van der Waals surface area contributed by atoms with E-state index in [1.807, 2.05) is 30.0 Å². The SMILES string of the molecule is CC1CN(CC(O)C(N)Cc2ccccc2)CCS1. The van der Waals surface area contributed by atoms with Crippen LogP contribution in [-0.2, 0) is 6.42 Å². The average molecular weight is 280 g/mol. The molecule has 1 saturated heterocycles. The van der Waals surface area contributed by atoms with E-state index >= 15 is 0 Å². The molecule has 1 aliphatic heterocycles. The van der Waals surface area contributed by atoms with Crippen LogP contribution in [0.25, 0.3) is 0 Å². The van der Waals surface area contributed by atoms with E-state index in [9.17, 15) is 5.11 Å². The molecule has 19 heavy (non-hydrogen) atoms. The normalized spacial score (nSPS) is 24.1. The van der Waals surface area contributed by atoms with Gasteiger partial charge in [0, 0.05) is 36.7 Å². The number of aliphatic hydroxyl groups excluding tert-OH is 1. The highest BCUT2D eigenvalue weighted by molar-refractivity contribution is 7.99. The van der Waals surface area contributed by atoms with Crippen molar-refractivity contribution < 1.29 is 5.11 Å². The summed E-state index contributed by atoms with van der Waals surface area (Å²) in [5, 5.41) is 10.9. The largest absolute Gasteiger partial charge is 0.390 e. The van der Waals surface area contributed by atoms with Gasteiger partial charge in [-0.1, -0.05) is 37.3 Å². The van der Waals surface area contributed by atoms with E-state index in [4.69, 9.17) is 5.73 Å². The van der Waals surface area contributed by atoms with Gasteiger partial charge in [-0.05, 0) is 12.0 Å². The maximum Gasteiger partial charge on any atom is 0.0820 e. The summed E-state index contributed by atoms with van der Waals surface area (Å²) in [5.41, 5.74) is 7.31. The second-order valence-electron chi connectivity index (χ2n) is 5.36. The van der Waals surface area contributed by atoms with Crippen LogP contribution in [0, 0.1) is 0 Å². The van der Waals surface area contributed by atoms with Gasteiger partial charge in [0.25, 0.3) is 0 Å². The Morgan fingerprint density at radius 2 is 2.16 bits per heavy atom. The first-order valence-electron chi connectivity index (χ1n) is 6.96. The van der Waals surface area contributed by atoms with Crippen molar-refractivity contribution in [2.24, 2.45) is 5.73 Å². The molecule has 2 rings (SSSR count). The summed E-state index contributed by atoms with van der Waals surface area (Å²) in [6.45, 7) is 5.05. The minimum absolute atomic E-state index is 0.188. The number of rotatable bonds is 5. The Bertz CT molecular complexity index is 374. The van der Waals surface area contributed by atoms with Gasteiger partial charge < -0.3 is 10.8 Å². The molecule has 1 aliphatic rings. The summed E-state index contributed by atoms with van der Waals surface area (Å²) in [4.78, 5) is 2.33. The van der Waals surface area contributed by atoms with Gasteiger partial charge in [-0.25, -0.2) is 0 Å². The Balaban J connectivity index is 1.80. The minimum Gasteiger partial charge on any atom is -0.390 e. The number of nitrogens with zero attached hydrogens (tertiary/aromatic N) is 1. The number of hydrogen-bond donors (Lipinski definition) is 2. The molecule has 3 unspecified atom stereocenters. The Hall–Kier alpha value is -0.550. The lowest BCUT2D eigenvalue weighted by molar-refractivity contribution is 0.0928. The van der Waals surface area contributed by atoms with Crippen molar-refractivity contribution in [3.05, 3.63) is 35.9 Å². The molecular formula is C15H24N2OS. The van der Waals surface area contributed by atoms with Crippen molar-refractivity contribution in [1.82, 2.24) is 4.90 Å². The first kappa shape index (κ1) is 14.9. The molecule has 0 amide bonds. The zero-order valence-electron chi connectivity index (χ0n) is 11.5. The molecule has 0 radical (unpaired) electrons. The Morgan fingerprint density at radius 3 is 2.84 bits per heavy atom. The van der Waals surface area contributed by atoms with Crippen molar-refractivity contribution >= 4 is 11.8 Å². The highest BCUT2D eigenvalue weighted by atomic mass is 32.2. The van der Waals surface area contributed by atoms with Crippen LogP contribution in [-0.4, -0.2) is 52.8 Å². The molecule has 0 bridgehead atoms. The van der Waals surface area contributed by atoms with Crippen LogP contribution in [0.3, 0.4) is 0 Å². The lowest BCUT2D eigenvalue weighted by Crippen LogP contribution is -2.48. The van der Waals surface area contributed by atoms with E-state index < -0.39 is 6.10 Å². The third-order valence-electron chi connectivity index (χ3n) is 3.58. The minimum atomic E-state index is -0.449. The molecule has 0 aliphatic carbocycles. The molecule has 0 aromatic heterocycles. The van der Waals surface area contributed by atoms with Gasteiger partial charge in [0.05, 0.1) is 6.10 Å². The average Bonchev–Trinajstić information content (AvgIpc) is 2.40. The fourth-order valence-electron chi connectivity index (χ4n) is 2.48. The first-order chi connectivity index (χ1) is 9.15. The molecule has 1 aromatic carbocycles. The monoisotopic (exact) mass is 280 g/mol. The number of benzene rings is 1. The zero-order chi connectivity index (χ0) is 13.7. The van der Waals surface area contributed by atoms with Crippen molar-refractivity contribution in [2.75, 3.05) is 25.4 Å². The van der Waals surface area contributed by atoms with E-state index in [2.05, 4.69) is 24.0 Å². The van der Waals surface area contributed by atoms with Crippen LogP contribution in [0.2, 0.25) is 0 Å². The summed E-state index contributed by atoms with van der Waals surface area (Å²) in [5.74, 6) is 1.15. The molecule has 0 spiro atoms. The van der Waals surface area contributed by atoms with Gasteiger partial charge >= 0.3 is 0 Å². The van der Waals surface area contributed by atoms with E-state index in [1.165, 1.54) is 5.56 Å². The second-order valence-corrected chi connectivity index (χ2v) is 6.91. The third kappa shape index (κ3) is 4.80. The van der Waals surface area contributed by atoms with Crippen LogP contribution in [0.4, 0.5) is 0 Å². The predicted molar refractivity (Wildman–Crippen MR) is 82.5 cm³/mol. The maximum atomic E-state index is 10.2. The van der Waals surface area contributed by atoms with Crippen LogP contribution in [0.5, 0.6) is 0 Å². The Labute approximate surface area is 120 Å². The third-order valence-corrected chi connectivity index (χ3v) is 4.72. The lowest BCUT2D eigenvalue weighted by atomic mass is 10.0. The van der Waals surface area contributed by atoms with Crippen molar-refractivity contribution in [3.8, 4) is 0 Å². The molecule has 1 aromatic rings. The topological polar surface area (TPSA) is 49.5 Å². The highest BCUT2D eigenvalue weighted by Gasteiger charge is 2.22. The number of thioether (sulfide) groups is 1. The smallest absolute Gasteiger partial charge is 0.0820 e. The van der Waals surface area contributed by atoms with Gasteiger partial charge in [0.2, 0.25) is 0 Å². The summed E-state index contributed by atoms with van der Waals surface area (Å²) in [6, 6.07) is 9.96. The Morgan fingerprint density at radius 1 is 1.42 bits per heavy atom. The summed E-state index contributed by atoms with van der Waals surface area (Å²) in [6.07, 6.45) is 0.288. The quantitative estimate of drug-likeness (QED) is 0.855. The molecule has 0 saturated carbocycles. The summed E-state index contributed by atoms with van der Waals surface area (Å²) < 4.78 is 0. The van der Waals surface area contributed by atoms with E-state index in [-0.39, 0.29) is 6.04 Å². The van der Waals surface area contributed by atoms with Crippen LogP contribution < -0.4 is 5.73 Å². The molecular weight excluding hydrogens is 256 g/mol. The van der Waals surface area contributed by atoms with E-state index in [0.717, 1.165) is 25.3 Å². The standard InChI is InChI=1S/C15H24N2OS/c1-12-10-17(7-8-19-12)11-15(18)14(16)9-13-5-3-2-4-6-13/h2-6,12,14-15,18H,7-11,16H2,1H3. The van der Waals surface area contributed by atoms with Crippen LogP contribution in [0.1, 0.15) is 12.5 Å². The highest BCUT2D eigenvalue weighted by Crippen LogP contribution is 2.18. The van der Waals surface area contributed by atoms with Crippen molar-refractivity contribution in [1.29, 1.82) is 0 Å². The maximum absolute atomic E-state index is 10.2. The van der Waals surface area contributed by atoms with Gasteiger partial charge in [-0.3, -0.25) is 4.90 Å². The fraction of sp³-hybridized carbons (Fsp3) is 0.600. The first-order valence-corrected chi connectivity index (χ1v) is 8.01. The van der Waals surface area contributed by atoms with Crippen LogP contribution in [0.15, 0.2) is 30.3 Å². The number of β-amino-alcohol motifs (C(OH)–C–C–N with tert-alkyl or cyclic N) is 1. The summed E-state index contributed by atoms with van der Waals surface area (Å²) in [7, 11) is 0. The lowest BCUT2D eigenvalue weighted by Gasteiger charge is -2.33. The number of hydrogen-bond acceptors (Lipinski definition) is 4. The van der Waals surface area contributed by atoms with Crippen LogP contribution >= 0.6 is 11.8 Å². The molecule has 1 fully saturated rings. The Kier molecular flexibility index (Phi) is 5.70. The van der Waals surface area contributed by atoms with Crippen molar-refractivity contribution in [3.63, 3.8) is 0 Å². The zero-order valence-corrected chi connectivity index (χ0v) is 12.4. The summed E-state index contributed by atoms with van der Waals surface area (Å²) >= 11 is 2.01. The van der Waals surface area contributed by atoms with Gasteiger partial charge in [0.1, 0.15) is 0 Å². The molecule has 3 atom stereocenters. The predicted octanol–water partition coefficient (Wildman–Crippen LogP) is 1.35. The van der Waals surface area contributed by atoms with Crippen molar-refractivity contribution in [2.45, 2.75) is 30.7 Å². The van der Waals surface area contributed by atoms with Gasteiger partial charge in [0.15, 0.2) is 0 Å². The van der Waals surface area contributed by atoms with E-state index in [1.54, 1.807) is 0 Å². The molecule has 106 valence electrons.